The van der Waals surface area contributed by atoms with Gasteiger partial charge >= 0.3 is 6.18 Å². The van der Waals surface area contributed by atoms with Crippen molar-refractivity contribution in [2.75, 3.05) is 19.7 Å². The number of nitrogens with one attached hydrogen (secondary N) is 1. The molecule has 0 bridgehead atoms. The third-order valence-electron chi connectivity index (χ3n) is 4.15. The van der Waals surface area contributed by atoms with Gasteiger partial charge in [0, 0.05) is 11.6 Å². The standard InChI is InChI=1S/C12H13ClF3NO.C7H8O3S/c13-10-3-9(8-1-2-17-6-8)4-11(5-10)18-7-12(14,15)16;1-6-2-4-7(5-3-6)11(8,9)10/h3-5,8,17H,1-2,6-7H2;2-5H,1H3,(H,8,9,10). The SMILES string of the molecule is Cc1ccc(S(=O)(=O)O)cc1.FC(F)(F)COc1cc(Cl)cc(C2CCNC2)c1. The van der Waals surface area contributed by atoms with Crippen molar-refractivity contribution < 1.29 is 30.9 Å². The zero-order valence-electron chi connectivity index (χ0n) is 15.5. The lowest BCUT2D eigenvalue weighted by Crippen LogP contribution is -2.19. The summed E-state index contributed by atoms with van der Waals surface area (Å²) in [4.78, 5) is -0.0666. The summed E-state index contributed by atoms with van der Waals surface area (Å²) < 4.78 is 70.5. The Hall–Kier alpha value is -1.81. The van der Waals surface area contributed by atoms with Gasteiger partial charge in [-0.15, -0.1) is 0 Å². The van der Waals surface area contributed by atoms with Crippen LogP contribution in [0.2, 0.25) is 5.02 Å². The van der Waals surface area contributed by atoms with Crippen molar-refractivity contribution >= 4 is 21.7 Å². The van der Waals surface area contributed by atoms with Gasteiger partial charge in [0.05, 0.1) is 4.90 Å². The van der Waals surface area contributed by atoms with E-state index in [1.807, 2.05) is 6.92 Å². The van der Waals surface area contributed by atoms with E-state index in [0.717, 1.165) is 30.6 Å². The van der Waals surface area contributed by atoms with E-state index in [0.29, 0.717) is 5.02 Å². The molecule has 0 amide bonds. The Morgan fingerprint density at radius 2 is 1.86 bits per heavy atom. The van der Waals surface area contributed by atoms with E-state index in [4.69, 9.17) is 20.9 Å². The number of benzene rings is 2. The fourth-order valence-electron chi connectivity index (χ4n) is 2.72. The van der Waals surface area contributed by atoms with E-state index < -0.39 is 22.9 Å². The summed E-state index contributed by atoms with van der Waals surface area (Å²) in [5.41, 5.74) is 1.88. The largest absolute Gasteiger partial charge is 0.484 e. The van der Waals surface area contributed by atoms with E-state index in [2.05, 4.69) is 5.32 Å². The molecule has 160 valence electrons. The summed E-state index contributed by atoms with van der Waals surface area (Å²) in [6.07, 6.45) is -3.38. The lowest BCUT2D eigenvalue weighted by atomic mass is 9.98. The topological polar surface area (TPSA) is 75.6 Å². The molecule has 2 aromatic carbocycles. The van der Waals surface area contributed by atoms with E-state index in [1.165, 1.54) is 18.2 Å². The molecule has 2 N–H and O–H groups in total. The van der Waals surface area contributed by atoms with E-state index in [1.54, 1.807) is 24.3 Å². The van der Waals surface area contributed by atoms with Crippen LogP contribution in [0.3, 0.4) is 0 Å². The Balaban J connectivity index is 0.000000234. The zero-order chi connectivity index (χ0) is 21.7. The molecule has 1 saturated heterocycles. The predicted molar refractivity (Wildman–Crippen MR) is 104 cm³/mol. The molecule has 0 aliphatic carbocycles. The molecule has 0 spiro atoms. The molecule has 1 fully saturated rings. The van der Waals surface area contributed by atoms with Crippen molar-refractivity contribution in [2.24, 2.45) is 0 Å². The van der Waals surface area contributed by atoms with Crippen LogP contribution < -0.4 is 10.1 Å². The minimum absolute atomic E-state index is 0.0666. The van der Waals surface area contributed by atoms with Crippen LogP contribution in [-0.4, -0.2) is 38.8 Å². The number of hydrogen-bond acceptors (Lipinski definition) is 4. The zero-order valence-corrected chi connectivity index (χ0v) is 17.1. The molecule has 1 heterocycles. The highest BCUT2D eigenvalue weighted by molar-refractivity contribution is 7.85. The van der Waals surface area contributed by atoms with Gasteiger partial charge in [0.15, 0.2) is 6.61 Å². The van der Waals surface area contributed by atoms with Crippen LogP contribution in [0.1, 0.15) is 23.5 Å². The van der Waals surface area contributed by atoms with Gasteiger partial charge in [-0.25, -0.2) is 0 Å². The maximum absolute atomic E-state index is 12.1. The summed E-state index contributed by atoms with van der Waals surface area (Å²) in [5.74, 6) is 0.457. The Kier molecular flexibility index (Phi) is 7.93. The van der Waals surface area contributed by atoms with Gasteiger partial charge < -0.3 is 10.1 Å². The van der Waals surface area contributed by atoms with Crippen molar-refractivity contribution in [1.29, 1.82) is 0 Å². The lowest BCUT2D eigenvalue weighted by Gasteiger charge is -2.13. The average molecular weight is 452 g/mol. The van der Waals surface area contributed by atoms with E-state index in [9.17, 15) is 21.6 Å². The minimum atomic E-state index is -4.34. The average Bonchev–Trinajstić information content (AvgIpc) is 3.14. The van der Waals surface area contributed by atoms with Crippen LogP contribution in [0, 0.1) is 6.92 Å². The van der Waals surface area contributed by atoms with Gasteiger partial charge in [0.25, 0.3) is 10.1 Å². The molecule has 1 unspecified atom stereocenters. The highest BCUT2D eigenvalue weighted by atomic mass is 35.5. The molecule has 10 heteroatoms. The van der Waals surface area contributed by atoms with E-state index >= 15 is 0 Å². The van der Waals surface area contributed by atoms with Crippen LogP contribution in [0.5, 0.6) is 5.75 Å². The summed E-state index contributed by atoms with van der Waals surface area (Å²) in [6.45, 7) is 2.28. The molecular weight excluding hydrogens is 431 g/mol. The Morgan fingerprint density at radius 1 is 1.21 bits per heavy atom. The molecule has 2 aromatic rings. The molecule has 3 rings (SSSR count). The van der Waals surface area contributed by atoms with Gasteiger partial charge in [-0.05, 0) is 61.7 Å². The smallest absolute Gasteiger partial charge is 0.422 e. The summed E-state index contributed by atoms with van der Waals surface area (Å²) in [7, 11) is -4.02. The van der Waals surface area contributed by atoms with Crippen LogP contribution in [0.25, 0.3) is 0 Å². The van der Waals surface area contributed by atoms with Gasteiger partial charge in [0.1, 0.15) is 5.75 Å². The predicted octanol–water partition coefficient (Wildman–Crippen LogP) is 4.60. The highest BCUT2D eigenvalue weighted by Crippen LogP contribution is 2.30. The number of aryl methyl sites for hydroxylation is 1. The van der Waals surface area contributed by atoms with Crippen LogP contribution in [0.4, 0.5) is 13.2 Å². The minimum Gasteiger partial charge on any atom is -0.484 e. The fraction of sp³-hybridized carbons (Fsp3) is 0.368. The van der Waals surface area contributed by atoms with Gasteiger partial charge in [-0.2, -0.15) is 21.6 Å². The first-order valence-corrected chi connectivity index (χ1v) is 10.5. The van der Waals surface area contributed by atoms with Gasteiger partial charge in [-0.3, -0.25) is 4.55 Å². The first-order valence-electron chi connectivity index (χ1n) is 8.69. The number of alkyl halides is 3. The summed E-state index contributed by atoms with van der Waals surface area (Å²) in [6, 6.07) is 10.8. The molecule has 1 aliphatic rings. The van der Waals surface area contributed by atoms with Crippen molar-refractivity contribution in [1.82, 2.24) is 5.32 Å². The quantitative estimate of drug-likeness (QED) is 0.664. The number of ether oxygens (including phenoxy) is 1. The van der Waals surface area contributed by atoms with Crippen LogP contribution in [-0.2, 0) is 10.1 Å². The maximum atomic E-state index is 12.1. The molecule has 1 atom stereocenters. The lowest BCUT2D eigenvalue weighted by molar-refractivity contribution is -0.153. The van der Waals surface area contributed by atoms with Gasteiger partial charge in [0.2, 0.25) is 0 Å². The fourth-order valence-corrected chi connectivity index (χ4v) is 3.43. The third-order valence-corrected chi connectivity index (χ3v) is 5.23. The molecule has 0 saturated carbocycles. The first-order chi connectivity index (χ1) is 13.4. The van der Waals surface area contributed by atoms with Crippen molar-refractivity contribution in [3.63, 3.8) is 0 Å². The normalized spacial score (nSPS) is 16.8. The number of hydrogen-bond donors (Lipinski definition) is 2. The second-order valence-corrected chi connectivity index (χ2v) is 8.46. The maximum Gasteiger partial charge on any atom is 0.422 e. The molecule has 29 heavy (non-hydrogen) atoms. The highest BCUT2D eigenvalue weighted by Gasteiger charge is 2.28. The summed E-state index contributed by atoms with van der Waals surface area (Å²) >= 11 is 5.90. The Morgan fingerprint density at radius 3 is 2.38 bits per heavy atom. The molecule has 0 aromatic heterocycles. The van der Waals surface area contributed by atoms with Crippen molar-refractivity contribution in [3.05, 3.63) is 58.6 Å². The van der Waals surface area contributed by atoms with Crippen molar-refractivity contribution in [2.45, 2.75) is 30.3 Å². The van der Waals surface area contributed by atoms with Crippen LogP contribution in [0.15, 0.2) is 47.4 Å². The second-order valence-electron chi connectivity index (χ2n) is 6.60. The second kappa shape index (κ2) is 9.80. The third kappa shape index (κ3) is 8.22. The monoisotopic (exact) mass is 451 g/mol. The van der Waals surface area contributed by atoms with Gasteiger partial charge in [-0.1, -0.05) is 29.3 Å². The number of halogens is 4. The molecular formula is C19H21ClF3NO4S. The summed E-state index contributed by atoms with van der Waals surface area (Å²) in [5, 5.41) is 3.60. The van der Waals surface area contributed by atoms with E-state index in [-0.39, 0.29) is 16.6 Å². The molecule has 5 nitrogen and oxygen atoms in total. The molecule has 1 aliphatic heterocycles. The van der Waals surface area contributed by atoms with Crippen molar-refractivity contribution in [3.8, 4) is 5.75 Å². The first kappa shape index (κ1) is 23.5. The molecule has 0 radical (unpaired) electrons. The van der Waals surface area contributed by atoms with Crippen LogP contribution >= 0.6 is 11.6 Å². The Bertz CT molecular complexity index is 912. The Labute approximate surface area is 172 Å². The number of rotatable bonds is 4.